The van der Waals surface area contributed by atoms with E-state index in [1.54, 1.807) is 11.0 Å². The molecule has 0 radical (unpaired) electrons. The fraction of sp³-hybridized carbons (Fsp3) is 0.600. The molecular weight excluding hydrogens is 416 g/mol. The predicted molar refractivity (Wildman–Crippen MR) is 125 cm³/mol. The van der Waals surface area contributed by atoms with E-state index < -0.39 is 6.10 Å². The average molecular weight is 451 g/mol. The van der Waals surface area contributed by atoms with Crippen LogP contribution in [0.25, 0.3) is 5.69 Å². The zero-order valence-electron chi connectivity index (χ0n) is 19.7. The number of carbonyl (C=O) groups excluding carboxylic acids is 1. The summed E-state index contributed by atoms with van der Waals surface area (Å²) < 4.78 is 1.63. The molecule has 8 nitrogen and oxygen atoms in total. The number of β-amino-alcohol motifs (C(OH)–C–C–N with tert-alkyl or cyclic N) is 1. The Balaban J connectivity index is 1.14. The molecule has 1 aromatic carbocycles. The minimum absolute atomic E-state index is 0.331. The Labute approximate surface area is 195 Å². The Kier molecular flexibility index (Phi) is 6.05. The molecule has 0 amide bonds. The number of likely N-dealkylation sites (tertiary alicyclic amines) is 2. The third kappa shape index (κ3) is 4.46. The second kappa shape index (κ2) is 8.99. The Bertz CT molecular complexity index is 1030. The number of aliphatic hydroxyl groups excluding tert-OH is 1. The number of Topliss-reactive ketones (excluding diaryl/α,β-unsaturated/α-hetero) is 1. The summed E-state index contributed by atoms with van der Waals surface area (Å²) in [6, 6.07) is 5.96. The van der Waals surface area contributed by atoms with Crippen molar-refractivity contribution in [3.05, 3.63) is 46.9 Å². The summed E-state index contributed by atoms with van der Waals surface area (Å²) in [4.78, 5) is 16.8. The van der Waals surface area contributed by atoms with E-state index in [-0.39, 0.29) is 0 Å². The molecule has 2 aliphatic heterocycles. The van der Waals surface area contributed by atoms with Crippen LogP contribution < -0.4 is 0 Å². The topological polar surface area (TPSA) is 87.4 Å². The van der Waals surface area contributed by atoms with Crippen molar-refractivity contribution in [3.63, 3.8) is 0 Å². The van der Waals surface area contributed by atoms with Crippen LogP contribution in [0.2, 0.25) is 0 Å². The zero-order valence-corrected chi connectivity index (χ0v) is 19.7. The maximum absolute atomic E-state index is 11.9. The molecule has 0 saturated carbocycles. The Hall–Kier alpha value is -2.58. The second-order valence-electron chi connectivity index (χ2n) is 10.1. The summed E-state index contributed by atoms with van der Waals surface area (Å²) in [6.45, 7) is 8.94. The predicted octanol–water partition coefficient (Wildman–Crippen LogP) is 2.82. The Morgan fingerprint density at radius 2 is 1.79 bits per heavy atom. The van der Waals surface area contributed by atoms with Crippen LogP contribution in [-0.2, 0) is 4.79 Å². The van der Waals surface area contributed by atoms with Crippen LogP contribution in [0.3, 0.4) is 0 Å². The van der Waals surface area contributed by atoms with E-state index in [2.05, 4.69) is 25.3 Å². The number of nitrogens with zero attached hydrogens (tertiary/aromatic N) is 6. The standard InChI is InChI=1S/C25H34N6O2/c1-18-15-20(31-17-26-27-28-31)3-4-21(18)24(33)16-29-11-7-25(8-12-29)9-13-30(14-10-25)22-5-6-23(32)19(22)2/h3-4,15,17,24,33H,5-14,16H2,1-2H3/t24-/m0/s1. The van der Waals surface area contributed by atoms with Gasteiger partial charge in [0, 0.05) is 37.3 Å². The summed E-state index contributed by atoms with van der Waals surface area (Å²) in [7, 11) is 0. The Morgan fingerprint density at radius 1 is 1.06 bits per heavy atom. The largest absolute Gasteiger partial charge is 0.387 e. The van der Waals surface area contributed by atoms with Crippen molar-refractivity contribution in [1.82, 2.24) is 30.0 Å². The van der Waals surface area contributed by atoms with Crippen molar-refractivity contribution in [1.29, 1.82) is 0 Å². The number of hydrogen-bond donors (Lipinski definition) is 1. The summed E-state index contributed by atoms with van der Waals surface area (Å²) in [5.41, 5.74) is 5.64. The first-order valence-electron chi connectivity index (χ1n) is 12.2. The van der Waals surface area contributed by atoms with Gasteiger partial charge >= 0.3 is 0 Å². The van der Waals surface area contributed by atoms with E-state index in [0.29, 0.717) is 24.2 Å². The molecule has 3 heterocycles. The molecule has 3 aliphatic rings. The molecule has 1 N–H and O–H groups in total. The lowest BCUT2D eigenvalue weighted by Crippen LogP contribution is -2.47. The zero-order chi connectivity index (χ0) is 23.0. The van der Waals surface area contributed by atoms with Crippen LogP contribution in [0, 0.1) is 12.3 Å². The van der Waals surface area contributed by atoms with Crippen molar-refractivity contribution in [2.75, 3.05) is 32.7 Å². The molecule has 1 aliphatic carbocycles. The maximum Gasteiger partial charge on any atom is 0.160 e. The lowest BCUT2D eigenvalue weighted by molar-refractivity contribution is -0.114. The number of rotatable bonds is 5. The number of carbonyl (C=O) groups is 1. The second-order valence-corrected chi connectivity index (χ2v) is 10.1. The maximum atomic E-state index is 11.9. The van der Waals surface area contributed by atoms with Gasteiger partial charge < -0.3 is 14.9 Å². The van der Waals surface area contributed by atoms with E-state index in [9.17, 15) is 9.90 Å². The molecule has 2 saturated heterocycles. The third-order valence-corrected chi connectivity index (χ3v) is 8.22. The highest BCUT2D eigenvalue weighted by atomic mass is 16.3. The van der Waals surface area contributed by atoms with Gasteiger partial charge in [-0.2, -0.15) is 0 Å². The minimum atomic E-state index is -0.501. The van der Waals surface area contributed by atoms with E-state index in [4.69, 9.17) is 0 Å². The highest BCUT2D eigenvalue weighted by Gasteiger charge is 2.39. The summed E-state index contributed by atoms with van der Waals surface area (Å²) in [5.74, 6) is 0.331. The van der Waals surface area contributed by atoms with E-state index >= 15 is 0 Å². The van der Waals surface area contributed by atoms with E-state index in [1.807, 2.05) is 32.0 Å². The molecule has 1 aromatic heterocycles. The fourth-order valence-electron chi connectivity index (χ4n) is 5.92. The molecule has 0 unspecified atom stereocenters. The molecule has 33 heavy (non-hydrogen) atoms. The first-order valence-corrected chi connectivity index (χ1v) is 12.2. The van der Waals surface area contributed by atoms with Crippen LogP contribution in [0.4, 0.5) is 0 Å². The van der Waals surface area contributed by atoms with Crippen LogP contribution in [0.1, 0.15) is 62.7 Å². The molecule has 5 rings (SSSR count). The molecule has 0 bridgehead atoms. The molecule has 1 spiro atoms. The van der Waals surface area contributed by atoms with Gasteiger partial charge in [-0.15, -0.1) is 5.10 Å². The number of piperidine rings is 2. The summed E-state index contributed by atoms with van der Waals surface area (Å²) >= 11 is 0. The SMILES string of the molecule is CC1=C(N2CCC3(CCN(C[C@H](O)c4ccc(-n5cnnn5)cc4C)CC3)CC2)CCC1=O. The third-order valence-electron chi connectivity index (χ3n) is 8.22. The number of hydrogen-bond acceptors (Lipinski definition) is 7. The number of aliphatic hydroxyl groups is 1. The molecule has 176 valence electrons. The van der Waals surface area contributed by atoms with Gasteiger partial charge in [0.2, 0.25) is 0 Å². The van der Waals surface area contributed by atoms with Crippen LogP contribution >= 0.6 is 0 Å². The smallest absolute Gasteiger partial charge is 0.160 e. The number of allylic oxidation sites excluding steroid dienone is 2. The van der Waals surface area contributed by atoms with Crippen LogP contribution in [0.15, 0.2) is 35.8 Å². The summed E-state index contributed by atoms with van der Waals surface area (Å²) in [5, 5.41) is 22.3. The number of benzene rings is 1. The van der Waals surface area contributed by atoms with Crippen molar-refractivity contribution in [2.24, 2.45) is 5.41 Å². The molecular formula is C25H34N6O2. The van der Waals surface area contributed by atoms with Gasteiger partial charge in [0.05, 0.1) is 11.8 Å². The van der Waals surface area contributed by atoms with Crippen LogP contribution in [0.5, 0.6) is 0 Å². The van der Waals surface area contributed by atoms with Gasteiger partial charge in [0.1, 0.15) is 6.33 Å². The quantitative estimate of drug-likeness (QED) is 0.749. The minimum Gasteiger partial charge on any atom is -0.387 e. The van der Waals surface area contributed by atoms with Gasteiger partial charge in [-0.05, 0) is 98.1 Å². The summed E-state index contributed by atoms with van der Waals surface area (Å²) in [6.07, 6.45) is 7.52. The monoisotopic (exact) mass is 450 g/mol. The molecule has 1 atom stereocenters. The average Bonchev–Trinajstić information content (AvgIpc) is 3.47. The fourth-order valence-corrected chi connectivity index (χ4v) is 5.92. The van der Waals surface area contributed by atoms with Crippen molar-refractivity contribution in [2.45, 2.75) is 58.5 Å². The lowest BCUT2D eigenvalue weighted by Gasteiger charge is -2.48. The number of aryl methyl sites for hydroxylation is 1. The number of tetrazole rings is 1. The van der Waals surface area contributed by atoms with Gasteiger partial charge in [0.15, 0.2) is 5.78 Å². The van der Waals surface area contributed by atoms with E-state index in [1.165, 1.54) is 31.4 Å². The van der Waals surface area contributed by atoms with Gasteiger partial charge in [-0.25, -0.2) is 4.68 Å². The highest BCUT2D eigenvalue weighted by molar-refractivity contribution is 5.97. The Morgan fingerprint density at radius 3 is 2.39 bits per heavy atom. The number of ketones is 1. The van der Waals surface area contributed by atoms with Gasteiger partial charge in [-0.3, -0.25) is 4.79 Å². The van der Waals surface area contributed by atoms with E-state index in [0.717, 1.165) is 55.0 Å². The first-order chi connectivity index (χ1) is 15.9. The van der Waals surface area contributed by atoms with Gasteiger partial charge in [-0.1, -0.05) is 6.07 Å². The normalized spacial score (nSPS) is 22.4. The molecule has 2 aromatic rings. The first kappa shape index (κ1) is 22.2. The number of aromatic nitrogens is 4. The molecule has 8 heteroatoms. The van der Waals surface area contributed by atoms with Crippen molar-refractivity contribution in [3.8, 4) is 5.69 Å². The highest BCUT2D eigenvalue weighted by Crippen LogP contribution is 2.43. The van der Waals surface area contributed by atoms with Crippen molar-refractivity contribution >= 4 is 5.78 Å². The van der Waals surface area contributed by atoms with Crippen LogP contribution in [-0.4, -0.2) is 73.6 Å². The van der Waals surface area contributed by atoms with Crippen molar-refractivity contribution < 1.29 is 9.90 Å². The van der Waals surface area contributed by atoms with Gasteiger partial charge in [0.25, 0.3) is 0 Å². The lowest BCUT2D eigenvalue weighted by atomic mass is 9.71. The molecule has 2 fully saturated rings.